The van der Waals surface area contributed by atoms with Crippen LogP contribution in [0.15, 0.2) is 30.5 Å². The van der Waals surface area contributed by atoms with Crippen LogP contribution in [-0.4, -0.2) is 10.9 Å². The Kier molecular flexibility index (Phi) is 3.45. The Labute approximate surface area is 127 Å². The Hall–Kier alpha value is -1.88. The molecule has 0 spiro atoms. The van der Waals surface area contributed by atoms with Crippen molar-refractivity contribution in [3.05, 3.63) is 36.0 Å². The molecule has 108 valence electrons. The molecular weight excluding hydrogens is 284 g/mol. The Balaban J connectivity index is 1.90. The first-order chi connectivity index (χ1) is 9.99. The fraction of sp³-hybridized carbons (Fsp3) is 0.375. The number of carbonyl (C=O) groups excluding carboxylic acids is 1. The largest absolute Gasteiger partial charge is 0.469 e. The van der Waals surface area contributed by atoms with E-state index < -0.39 is 4.75 Å². The van der Waals surface area contributed by atoms with Crippen molar-refractivity contribution in [2.75, 3.05) is 5.32 Å². The number of amides is 1. The number of nitrogens with zero attached hydrogens (tertiary/aromatic N) is 1. The van der Waals surface area contributed by atoms with E-state index in [2.05, 4.69) is 10.3 Å². The Morgan fingerprint density at radius 2 is 2.05 bits per heavy atom. The van der Waals surface area contributed by atoms with Gasteiger partial charge >= 0.3 is 11.7 Å². The molecule has 1 saturated carbocycles. The van der Waals surface area contributed by atoms with Gasteiger partial charge in [0.25, 0.3) is 4.75 Å². The van der Waals surface area contributed by atoms with Crippen molar-refractivity contribution in [3.8, 4) is 0 Å². The lowest BCUT2D eigenvalue weighted by Gasteiger charge is -2.09. The second-order valence-electron chi connectivity index (χ2n) is 5.99. The van der Waals surface area contributed by atoms with Gasteiger partial charge in [-0.15, -0.1) is 0 Å². The molecule has 1 heterocycles. The number of nitrogens with one attached hydrogen (secondary N) is 1. The number of rotatable bonds is 4. The molecule has 1 amide bonds. The lowest BCUT2D eigenvalue weighted by Crippen LogP contribution is -2.15. The zero-order valence-electron chi connectivity index (χ0n) is 12.1. The number of hydrogen-bond acceptors (Lipinski definition) is 3. The van der Waals surface area contributed by atoms with E-state index >= 15 is 0 Å². The average molecular weight is 301 g/mol. The zero-order chi connectivity index (χ0) is 15.0. The maximum atomic E-state index is 11.7. The highest BCUT2D eigenvalue weighted by atomic mass is 32.1. The van der Waals surface area contributed by atoms with Gasteiger partial charge in [0, 0.05) is 41.1 Å². The monoisotopic (exact) mass is 301 g/mol. The highest BCUT2D eigenvalue weighted by Crippen LogP contribution is 2.31. The van der Waals surface area contributed by atoms with Crippen molar-refractivity contribution in [2.24, 2.45) is 5.92 Å². The number of hydrogen-bond donors (Lipinski definition) is 1. The first-order valence-corrected chi connectivity index (χ1v) is 7.76. The Bertz CT molecular complexity index is 723. The third-order valence-corrected chi connectivity index (χ3v) is 4.48. The molecule has 2 aromatic rings. The van der Waals surface area contributed by atoms with E-state index in [0.717, 1.165) is 29.2 Å². The minimum Gasteiger partial charge on any atom is -0.310 e. The maximum absolute atomic E-state index is 11.7. The second kappa shape index (κ2) is 5.15. The van der Waals surface area contributed by atoms with Gasteiger partial charge in [0.15, 0.2) is 0 Å². The van der Waals surface area contributed by atoms with Crippen molar-refractivity contribution in [2.45, 2.75) is 31.4 Å². The summed E-state index contributed by atoms with van der Waals surface area (Å²) in [5, 5.41) is 4.83. The van der Waals surface area contributed by atoms with Crippen molar-refractivity contribution in [1.82, 2.24) is 4.98 Å². The van der Waals surface area contributed by atoms with Crippen LogP contribution in [0.2, 0.25) is 0 Å². The molecule has 3 rings (SSSR count). The molecule has 0 saturated heterocycles. The summed E-state index contributed by atoms with van der Waals surface area (Å²) in [7, 11) is 0. The lowest BCUT2D eigenvalue weighted by atomic mass is 9.99. The molecule has 1 fully saturated rings. The molecule has 1 aromatic carbocycles. The molecule has 1 aliphatic carbocycles. The normalized spacial score (nSPS) is 15.0. The van der Waals surface area contributed by atoms with Gasteiger partial charge in [-0.2, -0.15) is 0 Å². The van der Waals surface area contributed by atoms with Crippen LogP contribution in [0.4, 0.5) is 5.82 Å². The number of fused-ring (bicyclic) bond motifs is 1. The van der Waals surface area contributed by atoms with Gasteiger partial charge < -0.3 is 5.32 Å². The smallest absolute Gasteiger partial charge is 0.310 e. The average Bonchev–Trinajstić information content (AvgIpc) is 3.31. The summed E-state index contributed by atoms with van der Waals surface area (Å²) >= 11 is 0.583. The molecular formula is C16H17N2O2S+. The van der Waals surface area contributed by atoms with Crippen molar-refractivity contribution < 1.29 is 9.00 Å². The summed E-state index contributed by atoms with van der Waals surface area (Å²) in [5.74, 6) is 0.812. The highest BCUT2D eigenvalue weighted by Gasteiger charge is 2.35. The molecule has 4 nitrogen and oxygen atoms in total. The van der Waals surface area contributed by atoms with E-state index in [1.54, 1.807) is 6.20 Å². The van der Waals surface area contributed by atoms with Crippen LogP contribution >= 0.6 is 0 Å². The Morgan fingerprint density at radius 1 is 1.29 bits per heavy atom. The molecule has 0 unspecified atom stereocenters. The van der Waals surface area contributed by atoms with Crippen molar-refractivity contribution >= 4 is 34.2 Å². The summed E-state index contributed by atoms with van der Waals surface area (Å²) in [6.45, 7) is 3.81. The topological polar surface area (TPSA) is 59.1 Å². The molecule has 21 heavy (non-hydrogen) atoms. The number of anilines is 1. The maximum Gasteiger partial charge on any atom is 0.469 e. The van der Waals surface area contributed by atoms with E-state index in [4.69, 9.17) is 0 Å². The summed E-state index contributed by atoms with van der Waals surface area (Å²) in [6, 6.07) is 7.78. The molecule has 0 bridgehead atoms. The quantitative estimate of drug-likeness (QED) is 0.882. The van der Waals surface area contributed by atoms with E-state index in [1.807, 2.05) is 38.1 Å². The van der Waals surface area contributed by atoms with E-state index in [1.165, 1.54) is 0 Å². The first-order valence-electron chi connectivity index (χ1n) is 7.02. The molecule has 5 heteroatoms. The van der Waals surface area contributed by atoms with E-state index in [0.29, 0.717) is 17.5 Å². The zero-order valence-corrected chi connectivity index (χ0v) is 12.9. The molecule has 1 aliphatic rings. The van der Waals surface area contributed by atoms with E-state index in [9.17, 15) is 9.00 Å². The molecule has 0 aliphatic heterocycles. The third kappa shape index (κ3) is 2.93. The Morgan fingerprint density at radius 3 is 2.71 bits per heavy atom. The van der Waals surface area contributed by atoms with Gasteiger partial charge in [-0.3, -0.25) is 4.79 Å². The molecule has 1 N–H and O–H groups in total. The van der Waals surface area contributed by atoms with Crippen LogP contribution in [0.5, 0.6) is 0 Å². The molecule has 1 aromatic heterocycles. The fourth-order valence-electron chi connectivity index (χ4n) is 2.21. The van der Waals surface area contributed by atoms with Crippen LogP contribution in [0, 0.1) is 5.92 Å². The van der Waals surface area contributed by atoms with Crippen LogP contribution in [-0.2, 0) is 25.4 Å². The van der Waals surface area contributed by atoms with Crippen LogP contribution in [0.25, 0.3) is 10.8 Å². The number of aromatic nitrogens is 1. The minimum atomic E-state index is -0.465. The van der Waals surface area contributed by atoms with Gasteiger partial charge in [-0.1, -0.05) is 12.1 Å². The number of benzene rings is 1. The summed E-state index contributed by atoms with van der Waals surface area (Å²) < 4.78 is 10.7. The summed E-state index contributed by atoms with van der Waals surface area (Å²) in [6.07, 6.45) is 3.70. The van der Waals surface area contributed by atoms with Gasteiger partial charge in [0.2, 0.25) is 5.91 Å². The number of carbonyl (C=O) groups is 1. The lowest BCUT2D eigenvalue weighted by molar-refractivity contribution is -0.117. The minimum absolute atomic E-state index is 0.0577. The van der Waals surface area contributed by atoms with Crippen LogP contribution < -0.4 is 5.32 Å². The number of pyridine rings is 1. The predicted octanol–water partition coefficient (Wildman–Crippen LogP) is 3.25. The SMILES string of the molecule is CC(C)([S+]=O)c1ccc2cc(NC(=O)C3CC3)ncc2c1. The predicted molar refractivity (Wildman–Crippen MR) is 84.2 cm³/mol. The second-order valence-corrected chi connectivity index (χ2v) is 7.18. The van der Waals surface area contributed by atoms with Gasteiger partial charge in [-0.05, 0) is 30.4 Å². The highest BCUT2D eigenvalue weighted by molar-refractivity contribution is 7.66. The fourth-order valence-corrected chi connectivity index (χ4v) is 2.43. The standard InChI is InChI=1S/C16H16N2O2S/c1-16(2,21-20)13-6-5-11-8-14(17-9-12(11)7-13)18-15(19)10-3-4-10/h5-10H,3-4H2,1-2H3/p+1. The van der Waals surface area contributed by atoms with Crippen molar-refractivity contribution in [3.63, 3.8) is 0 Å². The van der Waals surface area contributed by atoms with E-state index in [-0.39, 0.29) is 11.8 Å². The van der Waals surface area contributed by atoms with Gasteiger partial charge in [0.1, 0.15) is 5.82 Å². The molecule has 0 atom stereocenters. The van der Waals surface area contributed by atoms with Gasteiger partial charge in [0.05, 0.1) is 0 Å². The van der Waals surface area contributed by atoms with Crippen LogP contribution in [0.3, 0.4) is 0 Å². The third-order valence-electron chi connectivity index (χ3n) is 3.82. The van der Waals surface area contributed by atoms with Crippen LogP contribution in [0.1, 0.15) is 32.3 Å². The molecule has 0 radical (unpaired) electrons. The first kappa shape index (κ1) is 14.1. The summed E-state index contributed by atoms with van der Waals surface area (Å²) in [5.41, 5.74) is 0.978. The summed E-state index contributed by atoms with van der Waals surface area (Å²) in [4.78, 5) is 16.0. The van der Waals surface area contributed by atoms with Crippen molar-refractivity contribution in [1.29, 1.82) is 0 Å². The van der Waals surface area contributed by atoms with Gasteiger partial charge in [-0.25, -0.2) is 4.98 Å².